The molecule has 4 heteroatoms. The number of fused-ring (bicyclic) bond motifs is 2. The van der Waals surface area contributed by atoms with Crippen molar-refractivity contribution in [3.05, 3.63) is 125 Å². The van der Waals surface area contributed by atoms with E-state index in [-0.39, 0.29) is 0 Å². The molecule has 0 saturated heterocycles. The molecular formula is C32H19Cl2OS+. The number of hydrogen-bond donors (Lipinski definition) is 0. The molecule has 0 aliphatic heterocycles. The lowest BCUT2D eigenvalue weighted by molar-refractivity contribution is 0.605. The van der Waals surface area contributed by atoms with E-state index in [0.717, 1.165) is 21.4 Å². The van der Waals surface area contributed by atoms with Gasteiger partial charge in [0.2, 0.25) is 0 Å². The van der Waals surface area contributed by atoms with Crippen LogP contribution in [0.5, 0.6) is 0 Å². The Kier molecular flexibility index (Phi) is 6.02. The Morgan fingerprint density at radius 2 is 1.17 bits per heavy atom. The average molecular weight is 522 g/mol. The molecule has 0 aliphatic rings. The first kappa shape index (κ1) is 22.9. The van der Waals surface area contributed by atoms with Crippen LogP contribution in [-0.2, 0) is 15.9 Å². The summed E-state index contributed by atoms with van der Waals surface area (Å²) in [5.41, 5.74) is 2.12. The summed E-state index contributed by atoms with van der Waals surface area (Å²) < 4.78 is 11.6. The molecule has 0 spiro atoms. The minimum Gasteiger partial charge on any atom is -0.0843 e. The predicted octanol–water partition coefficient (Wildman–Crippen LogP) is 10.2. The smallest absolute Gasteiger partial charge is 0.0843 e. The van der Waals surface area contributed by atoms with Crippen LogP contribution in [0.1, 0.15) is 0 Å². The summed E-state index contributed by atoms with van der Waals surface area (Å²) in [7, 11) is 0. The molecule has 0 saturated carbocycles. The van der Waals surface area contributed by atoms with Crippen molar-refractivity contribution in [1.82, 2.24) is 0 Å². The van der Waals surface area contributed by atoms with E-state index in [4.69, 9.17) is 23.2 Å². The van der Waals surface area contributed by atoms with Crippen molar-refractivity contribution in [3.63, 3.8) is 0 Å². The van der Waals surface area contributed by atoms with Gasteiger partial charge in [0.05, 0.1) is 5.39 Å². The molecule has 0 radical (unpaired) electrons. The Morgan fingerprint density at radius 1 is 0.528 bits per heavy atom. The van der Waals surface area contributed by atoms with E-state index in [1.54, 1.807) is 6.07 Å². The Morgan fingerprint density at radius 3 is 1.83 bits per heavy atom. The summed E-state index contributed by atoms with van der Waals surface area (Å²) in [5, 5.41) is 11.0. The summed E-state index contributed by atoms with van der Waals surface area (Å²) in [6.45, 7) is 0. The molecule has 0 bridgehead atoms. The first-order valence-corrected chi connectivity index (χ1v) is 13.0. The first-order valence-electron chi connectivity index (χ1n) is 11.5. The third-order valence-corrected chi connectivity index (χ3v) is 7.64. The summed E-state index contributed by atoms with van der Waals surface area (Å²) in [6, 6.07) is 38.7. The van der Waals surface area contributed by atoms with Gasteiger partial charge in [0, 0.05) is 31.3 Å². The third-order valence-electron chi connectivity index (χ3n) is 6.58. The fraction of sp³-hybridized carbons (Fsp3) is 0. The van der Waals surface area contributed by atoms with Gasteiger partial charge >= 0.3 is 11.7 Å². The van der Waals surface area contributed by atoms with E-state index in [2.05, 4.69) is 60.7 Å². The lowest BCUT2D eigenvalue weighted by atomic mass is 9.90. The predicted molar refractivity (Wildman–Crippen MR) is 156 cm³/mol. The Hall–Kier alpha value is -3.56. The van der Waals surface area contributed by atoms with Crippen molar-refractivity contribution in [3.8, 4) is 11.1 Å². The van der Waals surface area contributed by atoms with Crippen molar-refractivity contribution in [1.29, 1.82) is 0 Å². The quantitative estimate of drug-likeness (QED) is 0.125. The number of hydrogen-bond acceptors (Lipinski definition) is 1. The van der Waals surface area contributed by atoms with E-state index in [9.17, 15) is 4.21 Å². The van der Waals surface area contributed by atoms with Crippen molar-refractivity contribution < 1.29 is 4.21 Å². The van der Waals surface area contributed by atoms with Gasteiger partial charge in [-0.05, 0) is 56.1 Å². The zero-order chi connectivity index (χ0) is 24.6. The molecule has 7 aromatic rings. The highest BCUT2D eigenvalue weighted by Crippen LogP contribution is 2.41. The highest BCUT2D eigenvalue weighted by molar-refractivity contribution is 7.66. The fourth-order valence-corrected chi connectivity index (χ4v) is 5.97. The molecule has 0 N–H and O–H groups in total. The summed E-state index contributed by atoms with van der Waals surface area (Å²) >= 11 is 12.5. The molecule has 0 aromatic heterocycles. The molecule has 0 heterocycles. The Balaban J connectivity index is 0.000000149. The second kappa shape index (κ2) is 9.48. The highest BCUT2D eigenvalue weighted by atomic mass is 35.5. The van der Waals surface area contributed by atoms with Crippen molar-refractivity contribution >= 4 is 78.0 Å². The monoisotopic (exact) mass is 521 g/mol. The number of rotatable bonds is 2. The average Bonchev–Trinajstić information content (AvgIpc) is 2.92. The molecule has 7 aromatic carbocycles. The largest absolute Gasteiger partial charge is 0.505 e. The van der Waals surface area contributed by atoms with Crippen LogP contribution in [0.3, 0.4) is 0 Å². The third kappa shape index (κ3) is 3.88. The Labute approximate surface area is 222 Å². The molecule has 1 nitrogen and oxygen atoms in total. The van der Waals surface area contributed by atoms with E-state index in [1.165, 1.54) is 37.7 Å². The van der Waals surface area contributed by atoms with Crippen LogP contribution in [0, 0.1) is 0 Å². The fourth-order valence-electron chi connectivity index (χ4n) is 5.04. The van der Waals surface area contributed by atoms with Gasteiger partial charge in [-0.1, -0.05) is 114 Å². The van der Waals surface area contributed by atoms with Gasteiger partial charge in [-0.15, -0.1) is 0 Å². The molecule has 0 amide bonds. The zero-order valence-corrected chi connectivity index (χ0v) is 21.4. The van der Waals surface area contributed by atoms with Crippen LogP contribution >= 0.6 is 23.2 Å². The summed E-state index contributed by atoms with van der Waals surface area (Å²) in [4.78, 5) is 0.807. The van der Waals surface area contributed by atoms with Gasteiger partial charge in [0.15, 0.2) is 0 Å². The van der Waals surface area contributed by atoms with E-state index < -0.39 is 0 Å². The molecular weight excluding hydrogens is 503 g/mol. The van der Waals surface area contributed by atoms with E-state index in [0.29, 0.717) is 21.7 Å². The molecule has 0 fully saturated rings. The van der Waals surface area contributed by atoms with Crippen LogP contribution < -0.4 is 0 Å². The maximum Gasteiger partial charge on any atom is 0.505 e. The maximum absolute atomic E-state index is 11.6. The number of halogens is 2. The SMILES string of the molecule is Clc1ccc(-c2ccccc2)c(Cl)c1.O=[S+]c1ccc2cccc3c4cccc5cccc(c1c23)c54. The molecule has 0 atom stereocenters. The van der Waals surface area contributed by atoms with Gasteiger partial charge < -0.3 is 0 Å². The lowest BCUT2D eigenvalue weighted by Crippen LogP contribution is -1.89. The summed E-state index contributed by atoms with van der Waals surface area (Å²) in [6.07, 6.45) is 0. The van der Waals surface area contributed by atoms with Crippen LogP contribution in [0.4, 0.5) is 0 Å². The van der Waals surface area contributed by atoms with Crippen molar-refractivity contribution in [2.24, 2.45) is 0 Å². The van der Waals surface area contributed by atoms with Crippen molar-refractivity contribution in [2.75, 3.05) is 0 Å². The van der Waals surface area contributed by atoms with Crippen molar-refractivity contribution in [2.45, 2.75) is 4.90 Å². The van der Waals surface area contributed by atoms with Gasteiger partial charge in [-0.2, -0.15) is 0 Å². The normalized spacial score (nSPS) is 11.2. The Bertz CT molecular complexity index is 1870. The summed E-state index contributed by atoms with van der Waals surface area (Å²) in [5.74, 6) is 0. The standard InChI is InChI=1S/C20H11OS.C12H8Cl2/c21-22-17-11-10-13-6-2-8-15-14-7-1-4-12-5-3-9-16(18(12)14)20(17)19(13)15;13-10-6-7-11(12(14)8-10)9-4-2-1-3-5-9/h1-11H;1-8H/q+1;. The van der Waals surface area contributed by atoms with Gasteiger partial charge in [0.1, 0.15) is 0 Å². The molecule has 172 valence electrons. The minimum atomic E-state index is 0.586. The van der Waals surface area contributed by atoms with Gasteiger partial charge in [-0.25, -0.2) is 0 Å². The zero-order valence-electron chi connectivity index (χ0n) is 19.0. The second-order valence-electron chi connectivity index (χ2n) is 8.63. The van der Waals surface area contributed by atoms with E-state index in [1.807, 2.05) is 48.5 Å². The first-order chi connectivity index (χ1) is 17.7. The highest BCUT2D eigenvalue weighted by Gasteiger charge is 2.20. The van der Waals surface area contributed by atoms with Crippen LogP contribution in [0.25, 0.3) is 54.2 Å². The second-order valence-corrected chi connectivity index (χ2v) is 10.1. The van der Waals surface area contributed by atoms with Crippen LogP contribution in [-0.4, -0.2) is 0 Å². The van der Waals surface area contributed by atoms with Gasteiger partial charge in [0.25, 0.3) is 4.90 Å². The topological polar surface area (TPSA) is 17.1 Å². The van der Waals surface area contributed by atoms with Crippen LogP contribution in [0.2, 0.25) is 10.0 Å². The molecule has 0 aliphatic carbocycles. The van der Waals surface area contributed by atoms with Crippen LogP contribution in [0.15, 0.2) is 120 Å². The number of benzene rings is 7. The molecule has 0 unspecified atom stereocenters. The van der Waals surface area contributed by atoms with Gasteiger partial charge in [-0.3, -0.25) is 0 Å². The van der Waals surface area contributed by atoms with E-state index >= 15 is 0 Å². The maximum atomic E-state index is 11.6. The minimum absolute atomic E-state index is 0.586. The lowest BCUT2D eigenvalue weighted by Gasteiger charge is -2.13. The molecule has 7 rings (SSSR count). The molecule has 36 heavy (non-hydrogen) atoms.